The van der Waals surface area contributed by atoms with Crippen molar-refractivity contribution >= 4 is 34.4 Å². The van der Waals surface area contributed by atoms with E-state index in [1.165, 1.54) is 11.0 Å². The zero-order chi connectivity index (χ0) is 31.0. The Balaban J connectivity index is 1.45. The zero-order valence-corrected chi connectivity index (χ0v) is 25.3. The molecule has 2 aromatic carbocycles. The van der Waals surface area contributed by atoms with Gasteiger partial charge in [-0.3, -0.25) is 4.79 Å². The largest absolute Gasteiger partial charge is 0.462 e. The number of fused-ring (bicyclic) bond motifs is 2. The average Bonchev–Trinajstić information content (AvgIpc) is 3.44. The molecule has 1 amide bonds. The first-order chi connectivity index (χ1) is 21.3. The summed E-state index contributed by atoms with van der Waals surface area (Å²) in [6.07, 6.45) is 3.56. The zero-order valence-electron chi connectivity index (χ0n) is 24.5. The summed E-state index contributed by atoms with van der Waals surface area (Å²) in [5, 5.41) is 9.60. The third-order valence-electron chi connectivity index (χ3n) is 8.75. The van der Waals surface area contributed by atoms with Crippen LogP contribution in [0, 0.1) is 23.0 Å². The molecule has 0 N–H and O–H groups in total. The van der Waals surface area contributed by atoms with Crippen molar-refractivity contribution in [3.05, 3.63) is 53.9 Å². The lowest BCUT2D eigenvalue weighted by molar-refractivity contribution is -0.131. The highest BCUT2D eigenvalue weighted by atomic mass is 32.2. The third-order valence-corrected chi connectivity index (χ3v) is 9.94. The molecule has 0 saturated carbocycles. The van der Waals surface area contributed by atoms with E-state index in [-0.39, 0.29) is 60.4 Å². The van der Waals surface area contributed by atoms with Gasteiger partial charge < -0.3 is 19.4 Å². The summed E-state index contributed by atoms with van der Waals surface area (Å²) in [4.78, 5) is 27.8. The Labute approximate surface area is 258 Å². The molecule has 0 aliphatic carbocycles. The van der Waals surface area contributed by atoms with Crippen LogP contribution in [0.25, 0.3) is 22.0 Å². The summed E-state index contributed by atoms with van der Waals surface area (Å²) in [6, 6.07) is 8.28. The van der Waals surface area contributed by atoms with Crippen LogP contribution in [0.3, 0.4) is 0 Å². The van der Waals surface area contributed by atoms with E-state index in [2.05, 4.69) is 21.4 Å². The molecule has 0 bridgehead atoms. The molecule has 1 aromatic heterocycles. The number of amides is 1. The standard InChI is InChI=1S/C32H33F3N6O2S/c1-19(33)31(42)41-14-13-40(17-20(41)10-11-36)30-24-16-25(34)27(23-7-3-9-26-22(23)8-5-15-44-26)28(35)29(24)37-32(38-30)43-18-21-6-4-12-39(21)2/h3,7,9,16,20-21H,1,4-6,8,10,12-15,17-18H2,2H3/t20-,21-/m0/s1. The van der Waals surface area contributed by atoms with Crippen LogP contribution in [0.15, 0.2) is 41.6 Å². The van der Waals surface area contributed by atoms with Crippen molar-refractivity contribution in [3.8, 4) is 23.2 Å². The number of halogens is 3. The number of likely N-dealkylation sites (tertiary alicyclic amines) is 1. The van der Waals surface area contributed by atoms with Crippen molar-refractivity contribution in [2.24, 2.45) is 0 Å². The van der Waals surface area contributed by atoms with E-state index in [0.29, 0.717) is 12.2 Å². The molecular formula is C32H33F3N6O2S. The molecular weight excluding hydrogens is 589 g/mol. The maximum absolute atomic E-state index is 16.6. The van der Waals surface area contributed by atoms with E-state index in [1.54, 1.807) is 22.7 Å². The summed E-state index contributed by atoms with van der Waals surface area (Å²) >= 11 is 1.68. The molecule has 3 aliphatic heterocycles. The first kappa shape index (κ1) is 30.2. The average molecular weight is 623 g/mol. The van der Waals surface area contributed by atoms with Gasteiger partial charge in [-0.05, 0) is 68.3 Å². The lowest BCUT2D eigenvalue weighted by atomic mass is 9.94. The summed E-state index contributed by atoms with van der Waals surface area (Å²) in [6.45, 7) is 4.72. The second-order valence-electron chi connectivity index (χ2n) is 11.5. The van der Waals surface area contributed by atoms with Crippen LogP contribution in [-0.2, 0) is 11.2 Å². The van der Waals surface area contributed by atoms with Gasteiger partial charge in [-0.25, -0.2) is 13.2 Å². The van der Waals surface area contributed by atoms with Gasteiger partial charge in [0.1, 0.15) is 23.8 Å². The molecule has 2 fully saturated rings. The van der Waals surface area contributed by atoms with Crippen LogP contribution in [0.5, 0.6) is 6.01 Å². The first-order valence-electron chi connectivity index (χ1n) is 14.8. The van der Waals surface area contributed by atoms with E-state index in [0.717, 1.165) is 48.4 Å². The molecule has 4 heterocycles. The minimum absolute atomic E-state index is 0.0395. The van der Waals surface area contributed by atoms with Crippen molar-refractivity contribution in [2.45, 2.75) is 49.1 Å². The topological polar surface area (TPSA) is 85.6 Å². The fourth-order valence-electron chi connectivity index (χ4n) is 6.45. The first-order valence-corrected chi connectivity index (χ1v) is 15.8. The van der Waals surface area contributed by atoms with Gasteiger partial charge in [0, 0.05) is 36.0 Å². The highest BCUT2D eigenvalue weighted by molar-refractivity contribution is 7.99. The van der Waals surface area contributed by atoms with Crippen LogP contribution < -0.4 is 9.64 Å². The van der Waals surface area contributed by atoms with Gasteiger partial charge in [0.25, 0.3) is 5.91 Å². The predicted octanol–water partition coefficient (Wildman–Crippen LogP) is 5.50. The fourth-order valence-corrected chi connectivity index (χ4v) is 7.52. The van der Waals surface area contributed by atoms with Gasteiger partial charge in [-0.15, -0.1) is 11.8 Å². The number of thioether (sulfide) groups is 1. The quantitative estimate of drug-likeness (QED) is 0.320. The van der Waals surface area contributed by atoms with E-state index < -0.39 is 29.4 Å². The SMILES string of the molecule is C=C(F)C(=O)N1CCN(c2nc(OC[C@@H]3CCCN3C)nc3c(F)c(-c4cccc5c4CCCS5)c(F)cc23)C[C@@H]1CC#N. The number of piperazine rings is 1. The molecule has 0 spiro atoms. The Hall–Kier alpha value is -3.82. The van der Waals surface area contributed by atoms with Crippen molar-refractivity contribution < 1.29 is 22.7 Å². The number of aromatic nitrogens is 2. The lowest BCUT2D eigenvalue weighted by Crippen LogP contribution is -2.55. The summed E-state index contributed by atoms with van der Waals surface area (Å²) in [5.74, 6) is -2.34. The number of rotatable bonds is 7. The maximum Gasteiger partial charge on any atom is 0.319 e. The molecule has 3 aliphatic rings. The number of ether oxygens (including phenoxy) is 1. The van der Waals surface area contributed by atoms with Crippen LogP contribution in [0.4, 0.5) is 19.0 Å². The van der Waals surface area contributed by atoms with Crippen LogP contribution >= 0.6 is 11.8 Å². The van der Waals surface area contributed by atoms with E-state index in [1.807, 2.05) is 25.2 Å². The number of carbonyl (C=O) groups is 1. The fraction of sp³-hybridized carbons (Fsp3) is 0.438. The molecule has 230 valence electrons. The minimum Gasteiger partial charge on any atom is -0.462 e. The number of likely N-dealkylation sites (N-methyl/N-ethyl adjacent to an activating group) is 1. The Morgan fingerprint density at radius 3 is 2.80 bits per heavy atom. The number of hydrogen-bond donors (Lipinski definition) is 0. The van der Waals surface area contributed by atoms with E-state index >= 15 is 8.78 Å². The smallest absolute Gasteiger partial charge is 0.319 e. The highest BCUT2D eigenvalue weighted by Crippen LogP contribution is 2.41. The van der Waals surface area contributed by atoms with Crippen molar-refractivity contribution in [2.75, 3.05) is 50.5 Å². The number of benzene rings is 2. The molecule has 12 heteroatoms. The van der Waals surface area contributed by atoms with Crippen molar-refractivity contribution in [1.29, 1.82) is 5.26 Å². The molecule has 3 aromatic rings. The van der Waals surface area contributed by atoms with Gasteiger partial charge in [0.15, 0.2) is 11.6 Å². The lowest BCUT2D eigenvalue weighted by Gasteiger charge is -2.41. The van der Waals surface area contributed by atoms with Gasteiger partial charge in [-0.2, -0.15) is 15.2 Å². The van der Waals surface area contributed by atoms with Gasteiger partial charge in [-0.1, -0.05) is 18.7 Å². The normalized spacial score (nSPS) is 20.4. The molecule has 0 radical (unpaired) electrons. The second kappa shape index (κ2) is 12.7. The molecule has 44 heavy (non-hydrogen) atoms. The maximum atomic E-state index is 16.6. The number of nitriles is 1. The second-order valence-corrected chi connectivity index (χ2v) is 12.6. The number of anilines is 1. The summed E-state index contributed by atoms with van der Waals surface area (Å²) < 4.78 is 52.5. The van der Waals surface area contributed by atoms with Crippen molar-refractivity contribution in [1.82, 2.24) is 19.8 Å². The molecule has 2 atom stereocenters. The minimum atomic E-state index is -1.11. The molecule has 8 nitrogen and oxygen atoms in total. The summed E-state index contributed by atoms with van der Waals surface area (Å²) in [7, 11) is 2.02. The Kier molecular flexibility index (Phi) is 8.69. The van der Waals surface area contributed by atoms with Crippen LogP contribution in [-0.4, -0.2) is 83.3 Å². The van der Waals surface area contributed by atoms with Crippen molar-refractivity contribution in [3.63, 3.8) is 0 Å². The Morgan fingerprint density at radius 2 is 2.05 bits per heavy atom. The number of carbonyl (C=O) groups excluding carboxylic acids is 1. The van der Waals surface area contributed by atoms with Gasteiger partial charge in [0.2, 0.25) is 0 Å². The predicted molar refractivity (Wildman–Crippen MR) is 163 cm³/mol. The van der Waals surface area contributed by atoms with Crippen LogP contribution in [0.2, 0.25) is 0 Å². The van der Waals surface area contributed by atoms with Gasteiger partial charge in [0.05, 0.1) is 24.1 Å². The third kappa shape index (κ3) is 5.71. The molecule has 2 saturated heterocycles. The Morgan fingerprint density at radius 1 is 1.20 bits per heavy atom. The van der Waals surface area contributed by atoms with Crippen LogP contribution in [0.1, 0.15) is 31.2 Å². The number of nitrogens with zero attached hydrogens (tertiary/aromatic N) is 6. The van der Waals surface area contributed by atoms with E-state index in [9.17, 15) is 14.4 Å². The highest BCUT2D eigenvalue weighted by Gasteiger charge is 2.34. The number of hydrogen-bond acceptors (Lipinski definition) is 8. The monoisotopic (exact) mass is 622 g/mol. The Bertz CT molecular complexity index is 1660. The molecule has 6 rings (SSSR count). The summed E-state index contributed by atoms with van der Waals surface area (Å²) in [5.41, 5.74) is 1.22. The van der Waals surface area contributed by atoms with Gasteiger partial charge >= 0.3 is 6.01 Å². The van der Waals surface area contributed by atoms with E-state index in [4.69, 9.17) is 4.74 Å². The molecule has 0 unspecified atom stereocenters.